The molecule has 1 aliphatic rings. The first-order chi connectivity index (χ1) is 17.2. The number of ketones is 1. The number of allylic oxidation sites excluding steroid dienone is 3. The van der Waals surface area contributed by atoms with Gasteiger partial charge >= 0.3 is 0 Å². The van der Waals surface area contributed by atoms with Crippen molar-refractivity contribution in [2.24, 2.45) is 0 Å². The second-order valence-corrected chi connectivity index (χ2v) is 7.98. The SMILES string of the molecule is [C-]#[N+]/C(C#N)=C1/C(=Cc2ccc(N(c3ccccc3)c3ccccc3)cc2)C(=O)c2ccccc21. The van der Waals surface area contributed by atoms with Gasteiger partial charge < -0.3 is 4.90 Å². The Kier molecular flexibility index (Phi) is 5.78. The molecule has 4 aromatic rings. The van der Waals surface area contributed by atoms with Crippen molar-refractivity contribution in [3.05, 3.63) is 149 Å². The molecule has 0 heterocycles. The molecule has 0 saturated heterocycles. The Hall–Kier alpha value is -5.19. The van der Waals surface area contributed by atoms with Crippen LogP contribution in [-0.2, 0) is 0 Å². The molecule has 0 saturated carbocycles. The van der Waals surface area contributed by atoms with Crippen LogP contribution in [0, 0.1) is 17.9 Å². The Morgan fingerprint density at radius 2 is 1.26 bits per heavy atom. The van der Waals surface area contributed by atoms with Crippen LogP contribution in [0.25, 0.3) is 16.5 Å². The van der Waals surface area contributed by atoms with E-state index in [1.165, 1.54) is 0 Å². The van der Waals surface area contributed by atoms with Crippen LogP contribution in [0.4, 0.5) is 17.1 Å². The van der Waals surface area contributed by atoms with Crippen molar-refractivity contribution in [2.75, 3.05) is 4.90 Å². The van der Waals surface area contributed by atoms with Crippen LogP contribution in [0.15, 0.2) is 120 Å². The van der Waals surface area contributed by atoms with Crippen LogP contribution in [-0.4, -0.2) is 5.78 Å². The normalized spacial score (nSPS) is 14.7. The van der Waals surface area contributed by atoms with E-state index in [1.807, 2.05) is 72.8 Å². The van der Waals surface area contributed by atoms with Crippen molar-refractivity contribution < 1.29 is 4.79 Å². The molecule has 0 amide bonds. The van der Waals surface area contributed by atoms with E-state index in [0.717, 1.165) is 22.6 Å². The maximum Gasteiger partial charge on any atom is 0.270 e. The molecule has 0 radical (unpaired) electrons. The van der Waals surface area contributed by atoms with Gasteiger partial charge in [-0.2, -0.15) is 0 Å². The van der Waals surface area contributed by atoms with Crippen molar-refractivity contribution in [3.8, 4) is 6.07 Å². The van der Waals surface area contributed by atoms with Gasteiger partial charge in [-0.15, -0.1) is 0 Å². The first-order valence-electron chi connectivity index (χ1n) is 11.1. The summed E-state index contributed by atoms with van der Waals surface area (Å²) >= 11 is 0. The predicted octanol–water partition coefficient (Wildman–Crippen LogP) is 7.59. The van der Waals surface area contributed by atoms with E-state index in [9.17, 15) is 10.1 Å². The fraction of sp³-hybridized carbons (Fsp3) is 0. The second kappa shape index (κ2) is 9.35. The summed E-state index contributed by atoms with van der Waals surface area (Å²) in [4.78, 5) is 18.7. The monoisotopic (exact) mass is 449 g/mol. The zero-order valence-corrected chi connectivity index (χ0v) is 18.7. The number of nitriles is 1. The third kappa shape index (κ3) is 4.02. The van der Waals surface area contributed by atoms with E-state index < -0.39 is 0 Å². The van der Waals surface area contributed by atoms with E-state index >= 15 is 0 Å². The van der Waals surface area contributed by atoms with Crippen LogP contribution in [0.5, 0.6) is 0 Å². The van der Waals surface area contributed by atoms with Crippen molar-refractivity contribution in [2.45, 2.75) is 0 Å². The summed E-state index contributed by atoms with van der Waals surface area (Å²) in [5.41, 5.74) is 5.70. The molecule has 164 valence electrons. The largest absolute Gasteiger partial charge is 0.311 e. The van der Waals surface area contributed by atoms with Gasteiger partial charge in [0.05, 0.1) is 12.6 Å². The van der Waals surface area contributed by atoms with Crippen molar-refractivity contribution in [3.63, 3.8) is 0 Å². The van der Waals surface area contributed by atoms with Crippen LogP contribution in [0.3, 0.4) is 0 Å². The number of hydrogen-bond acceptors (Lipinski definition) is 3. The first-order valence-corrected chi connectivity index (χ1v) is 11.1. The second-order valence-electron chi connectivity index (χ2n) is 7.98. The quantitative estimate of drug-likeness (QED) is 0.183. The van der Waals surface area contributed by atoms with Crippen molar-refractivity contribution in [1.29, 1.82) is 5.26 Å². The maximum atomic E-state index is 13.2. The van der Waals surface area contributed by atoms with Gasteiger partial charge in [0, 0.05) is 33.8 Å². The molecule has 4 aromatic carbocycles. The first kappa shape index (κ1) is 21.6. The van der Waals surface area contributed by atoms with Gasteiger partial charge in [-0.1, -0.05) is 72.8 Å². The number of para-hydroxylation sites is 2. The highest BCUT2D eigenvalue weighted by Crippen LogP contribution is 2.40. The van der Waals surface area contributed by atoms with E-state index in [0.29, 0.717) is 22.3 Å². The number of carbonyl (C=O) groups excluding carboxylic acids is 1. The zero-order chi connectivity index (χ0) is 24.2. The molecule has 4 nitrogen and oxygen atoms in total. The third-order valence-corrected chi connectivity index (χ3v) is 5.90. The molecule has 4 heteroatoms. The Morgan fingerprint density at radius 3 is 1.80 bits per heavy atom. The Morgan fingerprint density at radius 1 is 0.743 bits per heavy atom. The minimum atomic E-state index is -0.175. The summed E-state index contributed by atoms with van der Waals surface area (Å²) in [6, 6.07) is 37.2. The average molecular weight is 450 g/mol. The van der Waals surface area contributed by atoms with Crippen molar-refractivity contribution >= 4 is 34.5 Å². The molecular formula is C31H19N3O. The zero-order valence-electron chi connectivity index (χ0n) is 18.7. The van der Waals surface area contributed by atoms with Crippen LogP contribution >= 0.6 is 0 Å². The number of rotatable bonds is 4. The Labute approximate surface area is 204 Å². The highest BCUT2D eigenvalue weighted by atomic mass is 16.1. The molecule has 0 aromatic heterocycles. The van der Waals surface area contributed by atoms with Crippen LogP contribution < -0.4 is 4.90 Å². The Bertz CT molecular complexity index is 1500. The number of Topliss-reactive ketones (excluding diaryl/α,β-unsaturated/α-hetero) is 1. The van der Waals surface area contributed by atoms with Crippen LogP contribution in [0.1, 0.15) is 21.5 Å². The number of fused-ring (bicyclic) bond motifs is 1. The lowest BCUT2D eigenvalue weighted by Gasteiger charge is -2.25. The summed E-state index contributed by atoms with van der Waals surface area (Å²) < 4.78 is 0. The van der Waals surface area contributed by atoms with E-state index in [1.54, 1.807) is 24.3 Å². The standard InChI is InChI=1S/C31H19N3O/c1-33-29(21-32)30-26-14-8-9-15-27(26)31(35)28(30)20-22-16-18-25(19-17-22)34(23-10-4-2-5-11-23)24-12-6-3-7-13-24/h2-20H/b28-20?,30-29+. The fourth-order valence-electron chi connectivity index (χ4n) is 4.32. The molecule has 0 atom stereocenters. The summed E-state index contributed by atoms with van der Waals surface area (Å²) in [6.07, 6.45) is 1.76. The molecule has 1 aliphatic carbocycles. The fourth-order valence-corrected chi connectivity index (χ4v) is 4.32. The van der Waals surface area contributed by atoms with Crippen LogP contribution in [0.2, 0.25) is 0 Å². The lowest BCUT2D eigenvalue weighted by molar-refractivity contribution is 0.104. The summed E-state index contributed by atoms with van der Waals surface area (Å²) in [5, 5.41) is 9.53. The molecule has 0 bridgehead atoms. The molecule has 0 N–H and O–H groups in total. The van der Waals surface area contributed by atoms with E-state index in [2.05, 4.69) is 34.0 Å². The average Bonchev–Trinajstić information content (AvgIpc) is 3.19. The summed E-state index contributed by atoms with van der Waals surface area (Å²) in [5.74, 6) is -0.175. The Balaban J connectivity index is 1.58. The smallest absolute Gasteiger partial charge is 0.270 e. The summed E-state index contributed by atoms with van der Waals surface area (Å²) in [7, 11) is 0. The van der Waals surface area contributed by atoms with Gasteiger partial charge in [-0.3, -0.25) is 4.79 Å². The predicted molar refractivity (Wildman–Crippen MR) is 139 cm³/mol. The van der Waals surface area contributed by atoms with Gasteiger partial charge in [-0.25, -0.2) is 10.1 Å². The number of benzene rings is 4. The van der Waals surface area contributed by atoms with E-state index in [-0.39, 0.29) is 11.5 Å². The molecular weight excluding hydrogens is 430 g/mol. The minimum absolute atomic E-state index is 0.0782. The summed E-state index contributed by atoms with van der Waals surface area (Å²) in [6.45, 7) is 7.44. The maximum absolute atomic E-state index is 13.2. The van der Waals surface area contributed by atoms with E-state index in [4.69, 9.17) is 6.57 Å². The lowest BCUT2D eigenvalue weighted by atomic mass is 10.0. The lowest BCUT2D eigenvalue weighted by Crippen LogP contribution is -2.09. The molecule has 0 unspecified atom stereocenters. The third-order valence-electron chi connectivity index (χ3n) is 5.90. The van der Waals surface area contributed by atoms with Crippen molar-refractivity contribution in [1.82, 2.24) is 0 Å². The van der Waals surface area contributed by atoms with Gasteiger partial charge in [-0.05, 0) is 53.6 Å². The molecule has 0 fully saturated rings. The molecule has 0 spiro atoms. The van der Waals surface area contributed by atoms with Gasteiger partial charge in [0.25, 0.3) is 5.70 Å². The molecule has 5 rings (SSSR count). The number of anilines is 3. The van der Waals surface area contributed by atoms with Gasteiger partial charge in [0.2, 0.25) is 0 Å². The molecule has 0 aliphatic heterocycles. The minimum Gasteiger partial charge on any atom is -0.311 e. The number of nitrogens with zero attached hydrogens (tertiary/aromatic N) is 3. The number of carbonyl (C=O) groups is 1. The molecule has 35 heavy (non-hydrogen) atoms. The van der Waals surface area contributed by atoms with Gasteiger partial charge in [0.15, 0.2) is 5.78 Å². The number of hydrogen-bond donors (Lipinski definition) is 0. The topological polar surface area (TPSA) is 48.5 Å². The highest BCUT2D eigenvalue weighted by Gasteiger charge is 2.31. The highest BCUT2D eigenvalue weighted by molar-refractivity contribution is 6.29. The van der Waals surface area contributed by atoms with Gasteiger partial charge in [0.1, 0.15) is 0 Å².